The molecule has 2 fully saturated rings. The Kier molecular flexibility index (Phi) is 5.87. The average molecular weight is 496 g/mol. The molecule has 5 N–H and O–H groups in total. The van der Waals surface area contributed by atoms with Gasteiger partial charge in [0, 0.05) is 16.4 Å². The largest absolute Gasteiger partial charge is 0.480 e. The van der Waals surface area contributed by atoms with Crippen LogP contribution in [0.3, 0.4) is 0 Å². The number of carbonyl (C=O) groups excluding carboxylic acids is 2. The number of oxime groups is 1. The predicted octanol–water partition coefficient (Wildman–Crippen LogP) is 0.747. The van der Waals surface area contributed by atoms with Crippen LogP contribution < -0.4 is 11.1 Å². The van der Waals surface area contributed by atoms with Crippen LogP contribution in [0.4, 0.5) is 5.13 Å². The molecule has 4 rings (SSSR count). The molecule has 15 heteroatoms. The van der Waals surface area contributed by atoms with Crippen LogP contribution in [0.2, 0.25) is 0 Å². The highest BCUT2D eigenvalue weighted by atomic mass is 32.2. The van der Waals surface area contributed by atoms with Crippen LogP contribution in [-0.4, -0.2) is 63.9 Å². The van der Waals surface area contributed by atoms with E-state index in [4.69, 9.17) is 5.73 Å². The number of β-lactam (4-membered cyclic amide) rings is 1. The lowest BCUT2D eigenvalue weighted by Gasteiger charge is -2.54. The minimum absolute atomic E-state index is 0.133. The summed E-state index contributed by atoms with van der Waals surface area (Å²) in [6, 6.07) is 0. The van der Waals surface area contributed by atoms with Gasteiger partial charge in [0.15, 0.2) is 16.4 Å². The molecule has 0 saturated carbocycles. The number of fused-ring (bicyclic) bond motifs is 1. The molecule has 2 amide bonds. The molecule has 2 unspecified atom stereocenters. The molecule has 3 atom stereocenters. The van der Waals surface area contributed by atoms with E-state index in [1.54, 1.807) is 18.5 Å². The van der Waals surface area contributed by atoms with Gasteiger partial charge in [-0.3, -0.25) is 14.4 Å². The number of aromatic nitrogens is 3. The van der Waals surface area contributed by atoms with Gasteiger partial charge in [-0.1, -0.05) is 23.0 Å². The topological polar surface area (TPSA) is 184 Å². The summed E-state index contributed by atoms with van der Waals surface area (Å²) in [5.41, 5.74) is 5.82. The van der Waals surface area contributed by atoms with Crippen molar-refractivity contribution in [2.24, 2.45) is 10.6 Å². The van der Waals surface area contributed by atoms with Gasteiger partial charge in [0.2, 0.25) is 11.8 Å². The highest BCUT2D eigenvalue weighted by Crippen LogP contribution is 2.48. The highest BCUT2D eigenvalue weighted by Gasteiger charge is 2.62. The molecule has 0 bridgehead atoms. The summed E-state index contributed by atoms with van der Waals surface area (Å²) in [5, 5.41) is 25.4. The summed E-state index contributed by atoms with van der Waals surface area (Å²) < 4.78 is 3.95. The number of hydrogen-bond acceptors (Lipinski definition) is 12. The molecule has 2 aliphatic heterocycles. The number of carboxylic acid groups (broad SMARTS) is 1. The van der Waals surface area contributed by atoms with E-state index in [0.29, 0.717) is 10.6 Å². The molecule has 2 saturated heterocycles. The number of nitrogen functional groups attached to an aromatic ring is 1. The van der Waals surface area contributed by atoms with Gasteiger partial charge in [0.05, 0.1) is 29.4 Å². The number of carboxylic acids is 1. The van der Waals surface area contributed by atoms with E-state index in [0.717, 1.165) is 23.3 Å². The first-order valence-electron chi connectivity index (χ1n) is 9.16. The third kappa shape index (κ3) is 3.71. The van der Waals surface area contributed by atoms with E-state index in [2.05, 4.69) is 24.8 Å². The Balaban J connectivity index is 1.74. The minimum atomic E-state index is -2.02. The first kappa shape index (κ1) is 22.2. The van der Waals surface area contributed by atoms with Crippen molar-refractivity contribution in [1.82, 2.24) is 24.6 Å². The number of thioether (sulfide) groups is 1. The molecule has 0 spiro atoms. The number of hydrogen-bond donors (Lipinski definition) is 4. The molecule has 168 valence electrons. The zero-order valence-electron chi connectivity index (χ0n) is 16.5. The van der Waals surface area contributed by atoms with E-state index in [9.17, 15) is 24.7 Å². The summed E-state index contributed by atoms with van der Waals surface area (Å²) in [7, 11) is 0. The second-order valence-corrected chi connectivity index (χ2v) is 9.82. The van der Waals surface area contributed by atoms with Crippen molar-refractivity contribution < 1.29 is 24.7 Å². The summed E-state index contributed by atoms with van der Waals surface area (Å²) in [4.78, 5) is 47.8. The van der Waals surface area contributed by atoms with Gasteiger partial charge in [0.1, 0.15) is 11.2 Å². The zero-order chi connectivity index (χ0) is 23.0. The Morgan fingerprint density at radius 3 is 2.84 bits per heavy atom. The summed E-state index contributed by atoms with van der Waals surface area (Å²) >= 11 is 3.20. The Bertz CT molecular complexity index is 1150. The Morgan fingerprint density at radius 1 is 1.50 bits per heavy atom. The summed E-state index contributed by atoms with van der Waals surface area (Å²) in [5.74, 6) is -2.15. The standard InChI is InChI=1S/C17H17N7O5S3/c1-7-8(30-6-19-7)2-3-17(15(27)28)13(21-10(25)4-9-20-16(18)32-23-9)24-11(26)5-12(24)31-14(17)22-29/h2-3,6,12-13,29H,4-5H2,1H3,(H,21,25)(H,27,28)(H2,18,20,23)/t12-,13?,17?/m1/s1. The maximum atomic E-state index is 12.8. The van der Waals surface area contributed by atoms with Crippen LogP contribution in [0, 0.1) is 12.3 Å². The summed E-state index contributed by atoms with van der Waals surface area (Å²) in [6.45, 7) is 1.76. The fourth-order valence-electron chi connectivity index (χ4n) is 3.47. The van der Waals surface area contributed by atoms with Crippen molar-refractivity contribution in [2.75, 3.05) is 5.73 Å². The number of rotatable bonds is 6. The lowest BCUT2D eigenvalue weighted by molar-refractivity contribution is -0.157. The predicted molar refractivity (Wildman–Crippen MR) is 118 cm³/mol. The number of amides is 2. The van der Waals surface area contributed by atoms with E-state index < -0.39 is 28.8 Å². The average Bonchev–Trinajstić information content (AvgIpc) is 3.33. The maximum absolute atomic E-state index is 12.8. The fourth-order valence-corrected chi connectivity index (χ4v) is 5.96. The molecule has 2 aromatic rings. The van der Waals surface area contributed by atoms with Crippen LogP contribution in [0.1, 0.15) is 22.8 Å². The van der Waals surface area contributed by atoms with E-state index in [1.165, 1.54) is 22.3 Å². The molecule has 12 nitrogen and oxygen atoms in total. The smallest absolute Gasteiger partial charge is 0.324 e. The lowest BCUT2D eigenvalue weighted by Crippen LogP contribution is -2.73. The number of anilines is 1. The quantitative estimate of drug-likeness (QED) is 0.253. The maximum Gasteiger partial charge on any atom is 0.324 e. The molecule has 32 heavy (non-hydrogen) atoms. The molecule has 0 aromatic carbocycles. The Morgan fingerprint density at radius 2 is 2.28 bits per heavy atom. The van der Waals surface area contributed by atoms with Crippen molar-refractivity contribution in [3.05, 3.63) is 28.0 Å². The van der Waals surface area contributed by atoms with Crippen molar-refractivity contribution in [3.63, 3.8) is 0 Å². The zero-order valence-corrected chi connectivity index (χ0v) is 18.9. The number of nitrogens with two attached hydrogens (primary N) is 1. The van der Waals surface area contributed by atoms with E-state index in [-0.39, 0.29) is 34.7 Å². The van der Waals surface area contributed by atoms with Crippen LogP contribution in [0.25, 0.3) is 6.08 Å². The van der Waals surface area contributed by atoms with Crippen LogP contribution in [0.5, 0.6) is 0 Å². The van der Waals surface area contributed by atoms with Crippen molar-refractivity contribution >= 4 is 68.7 Å². The van der Waals surface area contributed by atoms with Gasteiger partial charge < -0.3 is 26.3 Å². The van der Waals surface area contributed by atoms with Crippen molar-refractivity contribution in [1.29, 1.82) is 0 Å². The monoisotopic (exact) mass is 495 g/mol. The molecular weight excluding hydrogens is 478 g/mol. The van der Waals surface area contributed by atoms with Gasteiger partial charge in [-0.2, -0.15) is 4.37 Å². The van der Waals surface area contributed by atoms with Gasteiger partial charge in [-0.25, -0.2) is 9.97 Å². The Hall–Kier alpha value is -3.04. The van der Waals surface area contributed by atoms with Crippen LogP contribution in [0.15, 0.2) is 16.7 Å². The van der Waals surface area contributed by atoms with Gasteiger partial charge in [0.25, 0.3) is 0 Å². The molecule has 0 radical (unpaired) electrons. The number of thiazole rings is 1. The summed E-state index contributed by atoms with van der Waals surface area (Å²) in [6.07, 6.45) is 1.41. The van der Waals surface area contributed by atoms with Gasteiger partial charge in [-0.05, 0) is 13.0 Å². The first-order chi connectivity index (χ1) is 15.3. The molecule has 2 aliphatic rings. The van der Waals surface area contributed by atoms with Gasteiger partial charge in [-0.15, -0.1) is 11.3 Å². The van der Waals surface area contributed by atoms with Crippen molar-refractivity contribution in [2.45, 2.75) is 31.3 Å². The Labute approximate surface area is 193 Å². The third-order valence-electron chi connectivity index (χ3n) is 5.08. The number of carbonyl (C=O) groups is 3. The number of aliphatic carboxylic acids is 1. The van der Waals surface area contributed by atoms with Gasteiger partial charge >= 0.3 is 5.97 Å². The fraction of sp³-hybridized carbons (Fsp3) is 0.353. The molecule has 2 aromatic heterocycles. The second kappa shape index (κ2) is 8.48. The normalized spacial score (nSPS) is 26.2. The first-order valence-corrected chi connectivity index (χ1v) is 11.7. The van der Waals surface area contributed by atoms with Crippen LogP contribution >= 0.6 is 34.6 Å². The number of nitrogens with one attached hydrogen (secondary N) is 1. The highest BCUT2D eigenvalue weighted by molar-refractivity contribution is 8.14. The number of nitrogens with zero attached hydrogens (tertiary/aromatic N) is 5. The molecule has 0 aliphatic carbocycles. The molecule has 4 heterocycles. The van der Waals surface area contributed by atoms with Crippen LogP contribution in [-0.2, 0) is 20.8 Å². The van der Waals surface area contributed by atoms with Crippen molar-refractivity contribution in [3.8, 4) is 0 Å². The third-order valence-corrected chi connectivity index (χ3v) is 7.87. The number of aryl methyl sites for hydroxylation is 1. The molecular formula is C17H17N7O5S3. The van der Waals surface area contributed by atoms with E-state index >= 15 is 0 Å². The van der Waals surface area contributed by atoms with E-state index in [1.807, 2.05) is 0 Å². The lowest BCUT2D eigenvalue weighted by atomic mass is 9.81. The SMILES string of the molecule is Cc1ncsc1C=CC1(C(=O)O)C(=NO)S[C@@H]2CC(=O)N2C1NC(=O)Cc1nsc(N)n1. The second-order valence-electron chi connectivity index (χ2n) is 6.99. The minimum Gasteiger partial charge on any atom is -0.480 e.